The number of fused-ring (bicyclic) bond motifs is 1. The van der Waals surface area contributed by atoms with Crippen LogP contribution in [0.25, 0.3) is 11.0 Å². The highest BCUT2D eigenvalue weighted by Gasteiger charge is 2.31. The van der Waals surface area contributed by atoms with E-state index in [-0.39, 0.29) is 12.1 Å². The Morgan fingerprint density at radius 2 is 1.86 bits per heavy atom. The lowest BCUT2D eigenvalue weighted by Crippen LogP contribution is -2.14. The van der Waals surface area contributed by atoms with Crippen molar-refractivity contribution in [3.05, 3.63) is 65.7 Å². The van der Waals surface area contributed by atoms with Crippen molar-refractivity contribution in [1.82, 2.24) is 9.66 Å². The van der Waals surface area contributed by atoms with Gasteiger partial charge in [-0.25, -0.2) is 14.1 Å². The molecule has 2 aromatic carbocycles. The average molecular weight is 309 g/mol. The first kappa shape index (κ1) is 14.4. The second kappa shape index (κ2) is 5.32. The van der Waals surface area contributed by atoms with Crippen LogP contribution in [0.15, 0.2) is 48.8 Å². The zero-order chi connectivity index (χ0) is 15.7. The smallest absolute Gasteiger partial charge is 0.320 e. The molecular weight excluding hydrogens is 298 g/mol. The minimum atomic E-state index is -4.55. The average Bonchev–Trinajstić information content (AvgIpc) is 2.88. The van der Waals surface area contributed by atoms with E-state index in [0.29, 0.717) is 6.07 Å². The maximum absolute atomic E-state index is 13.8. The minimum absolute atomic E-state index is 0.0460. The molecule has 1 aromatic heterocycles. The highest BCUT2D eigenvalue weighted by molar-refractivity contribution is 5.75. The molecule has 1 heterocycles. The highest BCUT2D eigenvalue weighted by atomic mass is 19.4. The van der Waals surface area contributed by atoms with Crippen molar-refractivity contribution in [2.75, 3.05) is 5.43 Å². The molecule has 0 saturated carbocycles. The summed E-state index contributed by atoms with van der Waals surface area (Å²) in [5, 5.41) is 0. The molecule has 3 rings (SSSR count). The molecule has 22 heavy (non-hydrogen) atoms. The Morgan fingerprint density at radius 3 is 2.59 bits per heavy atom. The minimum Gasteiger partial charge on any atom is -0.320 e. The van der Waals surface area contributed by atoms with Gasteiger partial charge in [0, 0.05) is 5.56 Å². The lowest BCUT2D eigenvalue weighted by Gasteiger charge is -2.11. The van der Waals surface area contributed by atoms with Gasteiger partial charge in [-0.05, 0) is 24.3 Å². The SMILES string of the molecule is Fc1cc(C(F)(F)F)ccc1CNn1cnc2ccccc21. The van der Waals surface area contributed by atoms with Gasteiger partial charge < -0.3 is 5.43 Å². The summed E-state index contributed by atoms with van der Waals surface area (Å²) >= 11 is 0. The van der Waals surface area contributed by atoms with Crippen LogP contribution in [0, 0.1) is 5.82 Å². The van der Waals surface area contributed by atoms with Crippen molar-refractivity contribution < 1.29 is 17.6 Å². The molecule has 114 valence electrons. The third-order valence-corrected chi connectivity index (χ3v) is 3.27. The first-order chi connectivity index (χ1) is 10.4. The number of imidazole rings is 1. The molecule has 1 N–H and O–H groups in total. The number of benzene rings is 2. The summed E-state index contributed by atoms with van der Waals surface area (Å²) in [6, 6.07) is 9.83. The van der Waals surface area contributed by atoms with Gasteiger partial charge in [-0.15, -0.1) is 0 Å². The topological polar surface area (TPSA) is 29.9 Å². The number of halogens is 4. The van der Waals surface area contributed by atoms with Crippen LogP contribution >= 0.6 is 0 Å². The first-order valence-corrected chi connectivity index (χ1v) is 6.47. The molecule has 0 saturated heterocycles. The van der Waals surface area contributed by atoms with Crippen LogP contribution < -0.4 is 5.43 Å². The Balaban J connectivity index is 1.79. The lowest BCUT2D eigenvalue weighted by atomic mass is 10.1. The fourth-order valence-electron chi connectivity index (χ4n) is 2.12. The van der Waals surface area contributed by atoms with Gasteiger partial charge in [0.15, 0.2) is 0 Å². The Hall–Kier alpha value is -2.57. The number of hydrogen-bond donors (Lipinski definition) is 1. The van der Waals surface area contributed by atoms with E-state index in [0.717, 1.165) is 23.2 Å². The zero-order valence-electron chi connectivity index (χ0n) is 11.2. The summed E-state index contributed by atoms with van der Waals surface area (Å²) in [7, 11) is 0. The monoisotopic (exact) mass is 309 g/mol. The highest BCUT2D eigenvalue weighted by Crippen LogP contribution is 2.30. The Kier molecular flexibility index (Phi) is 3.48. The zero-order valence-corrected chi connectivity index (χ0v) is 11.2. The molecule has 3 aromatic rings. The Bertz CT molecular complexity index is 808. The van der Waals surface area contributed by atoms with Crippen molar-refractivity contribution in [2.45, 2.75) is 12.7 Å². The number of hydrogen-bond acceptors (Lipinski definition) is 2. The number of rotatable bonds is 3. The van der Waals surface area contributed by atoms with E-state index in [9.17, 15) is 17.6 Å². The van der Waals surface area contributed by atoms with Crippen LogP contribution in [0.2, 0.25) is 0 Å². The van der Waals surface area contributed by atoms with Gasteiger partial charge in [0.05, 0.1) is 23.1 Å². The lowest BCUT2D eigenvalue weighted by molar-refractivity contribution is -0.137. The van der Waals surface area contributed by atoms with Crippen LogP contribution in [-0.4, -0.2) is 9.66 Å². The standard InChI is InChI=1S/C15H11F4N3/c16-12-7-11(15(17,18)19)6-5-10(12)8-21-22-9-20-13-3-1-2-4-14(13)22/h1-7,9,21H,8H2. The van der Waals surface area contributed by atoms with Crippen molar-refractivity contribution in [2.24, 2.45) is 0 Å². The van der Waals surface area contributed by atoms with E-state index >= 15 is 0 Å². The van der Waals surface area contributed by atoms with Crippen molar-refractivity contribution in [1.29, 1.82) is 0 Å². The Labute approximate surface area is 123 Å². The third-order valence-electron chi connectivity index (χ3n) is 3.27. The summed E-state index contributed by atoms with van der Waals surface area (Å²) in [5.74, 6) is -0.897. The van der Waals surface area contributed by atoms with E-state index in [4.69, 9.17) is 0 Å². The van der Waals surface area contributed by atoms with Crippen LogP contribution in [0.5, 0.6) is 0 Å². The van der Waals surface area contributed by atoms with Crippen molar-refractivity contribution in [3.8, 4) is 0 Å². The fourth-order valence-corrected chi connectivity index (χ4v) is 2.12. The van der Waals surface area contributed by atoms with Gasteiger partial charge in [0.2, 0.25) is 0 Å². The summed E-state index contributed by atoms with van der Waals surface area (Å²) in [5.41, 5.74) is 3.63. The molecule has 0 spiro atoms. The quantitative estimate of drug-likeness (QED) is 0.743. The van der Waals surface area contributed by atoms with Gasteiger partial charge in [0.1, 0.15) is 12.1 Å². The maximum atomic E-state index is 13.8. The third kappa shape index (κ3) is 2.74. The normalized spacial score (nSPS) is 11.8. The van der Waals surface area contributed by atoms with Gasteiger partial charge >= 0.3 is 6.18 Å². The second-order valence-corrected chi connectivity index (χ2v) is 4.74. The molecule has 7 heteroatoms. The van der Waals surface area contributed by atoms with Crippen molar-refractivity contribution >= 4 is 11.0 Å². The number of nitrogens with one attached hydrogen (secondary N) is 1. The molecule has 0 atom stereocenters. The molecule has 3 nitrogen and oxygen atoms in total. The van der Waals surface area contributed by atoms with E-state index in [1.807, 2.05) is 24.3 Å². The molecule has 0 radical (unpaired) electrons. The van der Waals surface area contributed by atoms with Gasteiger partial charge in [-0.1, -0.05) is 18.2 Å². The first-order valence-electron chi connectivity index (χ1n) is 6.47. The molecule has 0 amide bonds. The van der Waals surface area contributed by atoms with Crippen LogP contribution in [-0.2, 0) is 12.7 Å². The van der Waals surface area contributed by atoms with Crippen LogP contribution in [0.4, 0.5) is 17.6 Å². The van der Waals surface area contributed by atoms with Crippen LogP contribution in [0.3, 0.4) is 0 Å². The predicted molar refractivity (Wildman–Crippen MR) is 74.2 cm³/mol. The van der Waals surface area contributed by atoms with Gasteiger partial charge in [0.25, 0.3) is 0 Å². The number of alkyl halides is 3. The van der Waals surface area contributed by atoms with E-state index in [1.165, 1.54) is 6.33 Å². The van der Waals surface area contributed by atoms with Gasteiger partial charge in [-0.3, -0.25) is 0 Å². The second-order valence-electron chi connectivity index (χ2n) is 4.74. The maximum Gasteiger partial charge on any atom is 0.416 e. The molecule has 0 fully saturated rings. The largest absolute Gasteiger partial charge is 0.416 e. The number of para-hydroxylation sites is 2. The molecule has 0 bridgehead atoms. The molecule has 0 aliphatic rings. The van der Waals surface area contributed by atoms with Gasteiger partial charge in [-0.2, -0.15) is 13.2 Å². The van der Waals surface area contributed by atoms with E-state index in [1.54, 1.807) is 4.68 Å². The van der Waals surface area contributed by atoms with E-state index < -0.39 is 17.6 Å². The Morgan fingerprint density at radius 1 is 1.09 bits per heavy atom. The molecule has 0 aliphatic carbocycles. The number of nitrogens with zero attached hydrogens (tertiary/aromatic N) is 2. The summed E-state index contributed by atoms with van der Waals surface area (Å²) < 4.78 is 52.8. The predicted octanol–water partition coefficient (Wildman–Crippen LogP) is 3.94. The summed E-state index contributed by atoms with van der Waals surface area (Å²) in [6.07, 6.45) is -3.01. The molecule has 0 aliphatic heterocycles. The summed E-state index contributed by atoms with van der Waals surface area (Å²) in [4.78, 5) is 4.16. The van der Waals surface area contributed by atoms with Crippen LogP contribution in [0.1, 0.15) is 11.1 Å². The summed E-state index contributed by atoms with van der Waals surface area (Å²) in [6.45, 7) is 0.0460. The number of aromatic nitrogens is 2. The fraction of sp³-hybridized carbons (Fsp3) is 0.133. The molecular formula is C15H11F4N3. The molecule has 0 unspecified atom stereocenters. The van der Waals surface area contributed by atoms with Crippen molar-refractivity contribution in [3.63, 3.8) is 0 Å². The van der Waals surface area contributed by atoms with E-state index in [2.05, 4.69) is 10.4 Å².